The van der Waals surface area contributed by atoms with Crippen LogP contribution in [0.3, 0.4) is 0 Å². The molecule has 3 aromatic carbocycles. The first-order chi connectivity index (χ1) is 16.9. The lowest BCUT2D eigenvalue weighted by atomic mass is 9.95. The van der Waals surface area contributed by atoms with Crippen LogP contribution in [0.1, 0.15) is 21.6 Å². The van der Waals surface area contributed by atoms with E-state index < -0.39 is 11.5 Å². The summed E-state index contributed by atoms with van der Waals surface area (Å²) in [6.45, 7) is 2.20. The first-order valence-corrected chi connectivity index (χ1v) is 10.9. The largest absolute Gasteiger partial charge is 0.496 e. The molecule has 0 bridgehead atoms. The molecule has 180 valence electrons. The predicted octanol–water partition coefficient (Wildman–Crippen LogP) is 4.07. The van der Waals surface area contributed by atoms with E-state index in [1.54, 1.807) is 44.6 Å². The van der Waals surface area contributed by atoms with Crippen LogP contribution in [0, 0.1) is 6.92 Å². The number of nitrogens with zero attached hydrogens (tertiary/aromatic N) is 1. The third-order valence-electron chi connectivity index (χ3n) is 5.86. The van der Waals surface area contributed by atoms with Gasteiger partial charge in [-0.15, -0.1) is 0 Å². The molecule has 4 rings (SSSR count). The number of nitrogens with two attached hydrogens (primary N) is 1. The van der Waals surface area contributed by atoms with Crippen LogP contribution < -0.4 is 25.6 Å². The monoisotopic (exact) mass is 474 g/mol. The Bertz CT molecular complexity index is 1440. The molecular weight excluding hydrogens is 448 g/mol. The van der Waals surface area contributed by atoms with Crippen LogP contribution in [0.15, 0.2) is 65.5 Å². The Morgan fingerprint density at radius 3 is 2.17 bits per heavy atom. The van der Waals surface area contributed by atoms with Crippen molar-refractivity contribution in [2.24, 2.45) is 0 Å². The Morgan fingerprint density at radius 1 is 0.914 bits per heavy atom. The maximum absolute atomic E-state index is 13.2. The van der Waals surface area contributed by atoms with Crippen molar-refractivity contribution in [1.29, 1.82) is 0 Å². The third kappa shape index (κ3) is 4.38. The van der Waals surface area contributed by atoms with Crippen molar-refractivity contribution in [2.75, 3.05) is 27.2 Å². The van der Waals surface area contributed by atoms with E-state index >= 15 is 0 Å². The molecule has 1 heterocycles. The highest BCUT2D eigenvalue weighted by Gasteiger charge is 2.25. The fourth-order valence-electron chi connectivity index (χ4n) is 4.05. The molecule has 8 nitrogen and oxygen atoms in total. The van der Waals surface area contributed by atoms with E-state index in [0.717, 1.165) is 15.8 Å². The second-order valence-corrected chi connectivity index (χ2v) is 7.88. The topological polar surface area (TPSA) is 102 Å². The van der Waals surface area contributed by atoms with E-state index in [2.05, 4.69) is 0 Å². The highest BCUT2D eigenvalue weighted by molar-refractivity contribution is 6.07. The Balaban J connectivity index is 1.95. The minimum absolute atomic E-state index is 0.0871. The smallest absolute Gasteiger partial charge is 0.357 e. The van der Waals surface area contributed by atoms with E-state index in [1.165, 1.54) is 7.11 Å². The number of methoxy groups -OCH3 is 3. The number of fused-ring (bicyclic) bond motifs is 1. The highest BCUT2D eigenvalue weighted by atomic mass is 16.5. The molecule has 1 aromatic heterocycles. The molecule has 0 fully saturated rings. The van der Waals surface area contributed by atoms with Gasteiger partial charge in [-0.1, -0.05) is 30.3 Å². The zero-order valence-electron chi connectivity index (χ0n) is 20.0. The number of esters is 1. The first kappa shape index (κ1) is 23.7. The fourth-order valence-corrected chi connectivity index (χ4v) is 4.05. The number of carbonyl (C=O) groups excluding carboxylic acids is 1. The maximum Gasteiger partial charge on any atom is 0.357 e. The lowest BCUT2D eigenvalue weighted by Crippen LogP contribution is -2.33. The van der Waals surface area contributed by atoms with E-state index in [0.29, 0.717) is 45.8 Å². The molecule has 0 aliphatic carbocycles. The van der Waals surface area contributed by atoms with Crippen molar-refractivity contribution >= 4 is 16.7 Å². The van der Waals surface area contributed by atoms with Gasteiger partial charge in [-0.05, 0) is 53.8 Å². The van der Waals surface area contributed by atoms with Crippen LogP contribution in [0.4, 0.5) is 0 Å². The average molecular weight is 475 g/mol. The van der Waals surface area contributed by atoms with E-state index in [4.69, 9.17) is 24.8 Å². The standard InChI is InChI=1S/C27H26N2O6/c1-16-22(32-2)12-18(13-23(16)33-3)24-20-11-10-19(35-15-17-8-6-5-7-9-17)14-21(20)26(30)29(28)25(24)27(31)34-4/h5-14H,15,28H2,1-4H3. The van der Waals surface area contributed by atoms with Gasteiger partial charge in [-0.3, -0.25) is 4.79 Å². The molecule has 0 radical (unpaired) electrons. The molecule has 2 N–H and O–H groups in total. The molecule has 8 heteroatoms. The summed E-state index contributed by atoms with van der Waals surface area (Å²) in [6.07, 6.45) is 0. The second kappa shape index (κ2) is 9.80. The van der Waals surface area contributed by atoms with Crippen LogP contribution in [0.25, 0.3) is 21.9 Å². The van der Waals surface area contributed by atoms with E-state index in [9.17, 15) is 9.59 Å². The number of pyridine rings is 1. The number of carbonyl (C=O) groups is 1. The van der Waals surface area contributed by atoms with Gasteiger partial charge in [0, 0.05) is 11.1 Å². The summed E-state index contributed by atoms with van der Waals surface area (Å²) in [4.78, 5) is 26.0. The average Bonchev–Trinajstić information content (AvgIpc) is 2.89. The lowest BCUT2D eigenvalue weighted by molar-refractivity contribution is 0.0590. The summed E-state index contributed by atoms with van der Waals surface area (Å²) in [7, 11) is 4.33. The maximum atomic E-state index is 13.2. The SMILES string of the molecule is COC(=O)c1c(-c2cc(OC)c(C)c(OC)c2)c2ccc(OCc3ccccc3)cc2c(=O)n1N. The van der Waals surface area contributed by atoms with Crippen LogP contribution in [0.5, 0.6) is 17.2 Å². The summed E-state index contributed by atoms with van der Waals surface area (Å²) >= 11 is 0. The molecule has 0 unspecified atom stereocenters. The normalized spacial score (nSPS) is 10.7. The van der Waals surface area contributed by atoms with Gasteiger partial charge in [-0.2, -0.15) is 0 Å². The summed E-state index contributed by atoms with van der Waals surface area (Å²) in [5.74, 6) is 7.01. The van der Waals surface area contributed by atoms with Gasteiger partial charge in [0.2, 0.25) is 0 Å². The van der Waals surface area contributed by atoms with Gasteiger partial charge in [0.15, 0.2) is 5.69 Å². The van der Waals surface area contributed by atoms with Crippen molar-refractivity contribution in [1.82, 2.24) is 4.68 Å². The van der Waals surface area contributed by atoms with E-state index in [1.807, 2.05) is 37.3 Å². The Kier molecular flexibility index (Phi) is 6.64. The van der Waals surface area contributed by atoms with Crippen molar-refractivity contribution in [3.63, 3.8) is 0 Å². The van der Waals surface area contributed by atoms with Crippen LogP contribution in [-0.2, 0) is 11.3 Å². The van der Waals surface area contributed by atoms with Gasteiger partial charge in [0.25, 0.3) is 5.56 Å². The van der Waals surface area contributed by atoms with Gasteiger partial charge in [0.1, 0.15) is 23.9 Å². The molecule has 0 amide bonds. The molecule has 0 aliphatic rings. The second-order valence-electron chi connectivity index (χ2n) is 7.88. The molecule has 0 aliphatic heterocycles. The minimum atomic E-state index is -0.746. The number of nitrogen functional groups attached to an aromatic ring is 1. The first-order valence-electron chi connectivity index (χ1n) is 10.9. The Labute approximate surface area is 202 Å². The molecule has 0 spiro atoms. The summed E-state index contributed by atoms with van der Waals surface area (Å²) in [5, 5.41) is 0.802. The summed E-state index contributed by atoms with van der Waals surface area (Å²) < 4.78 is 22.7. The van der Waals surface area contributed by atoms with Crippen LogP contribution in [0.2, 0.25) is 0 Å². The molecule has 0 saturated heterocycles. The summed E-state index contributed by atoms with van der Waals surface area (Å²) in [6, 6.07) is 18.3. The van der Waals surface area contributed by atoms with Gasteiger partial charge in [-0.25, -0.2) is 9.47 Å². The van der Waals surface area contributed by atoms with Crippen molar-refractivity contribution in [2.45, 2.75) is 13.5 Å². The molecule has 4 aromatic rings. The highest BCUT2D eigenvalue weighted by Crippen LogP contribution is 2.39. The van der Waals surface area contributed by atoms with Crippen LogP contribution >= 0.6 is 0 Å². The number of rotatable bonds is 7. The predicted molar refractivity (Wildman–Crippen MR) is 134 cm³/mol. The zero-order valence-corrected chi connectivity index (χ0v) is 20.0. The Hall–Kier alpha value is -4.46. The molecule has 0 saturated carbocycles. The van der Waals surface area contributed by atoms with Crippen molar-refractivity contribution < 1.29 is 23.7 Å². The Morgan fingerprint density at radius 2 is 1.57 bits per heavy atom. The van der Waals surface area contributed by atoms with Gasteiger partial charge >= 0.3 is 5.97 Å². The number of hydrogen-bond acceptors (Lipinski definition) is 7. The van der Waals surface area contributed by atoms with E-state index in [-0.39, 0.29) is 5.69 Å². The van der Waals surface area contributed by atoms with Gasteiger partial charge < -0.3 is 24.8 Å². The fraction of sp³-hybridized carbons (Fsp3) is 0.185. The molecule has 0 atom stereocenters. The zero-order chi connectivity index (χ0) is 25.1. The molecule has 35 heavy (non-hydrogen) atoms. The third-order valence-corrected chi connectivity index (χ3v) is 5.86. The van der Waals surface area contributed by atoms with Gasteiger partial charge in [0.05, 0.1) is 26.7 Å². The number of benzene rings is 3. The van der Waals surface area contributed by atoms with Crippen LogP contribution in [-0.4, -0.2) is 32.0 Å². The lowest BCUT2D eigenvalue weighted by Gasteiger charge is -2.18. The summed E-state index contributed by atoms with van der Waals surface area (Å²) in [5.41, 5.74) is 2.13. The van der Waals surface area contributed by atoms with Crippen molar-refractivity contribution in [3.8, 4) is 28.4 Å². The number of ether oxygens (including phenoxy) is 4. The number of aromatic nitrogens is 1. The minimum Gasteiger partial charge on any atom is -0.496 e. The number of hydrogen-bond donors (Lipinski definition) is 1. The van der Waals surface area contributed by atoms with Crippen molar-refractivity contribution in [3.05, 3.63) is 87.8 Å². The quantitative estimate of drug-likeness (QED) is 0.318. The molecular formula is C27H26N2O6.